The molecule has 0 spiro atoms. The van der Waals surface area contributed by atoms with E-state index in [1.807, 2.05) is 20.8 Å². The van der Waals surface area contributed by atoms with Crippen LogP contribution in [0, 0.1) is 0 Å². The Hall–Kier alpha value is -1.50. The number of amides is 2. The molecule has 2 amide bonds. The quantitative estimate of drug-likeness (QED) is 0.799. The van der Waals surface area contributed by atoms with E-state index in [1.165, 1.54) is 7.11 Å². The summed E-state index contributed by atoms with van der Waals surface area (Å²) in [7, 11) is 1.23. The zero-order valence-corrected chi connectivity index (χ0v) is 15.6. The predicted octanol–water partition coefficient (Wildman–Crippen LogP) is 3.15. The van der Waals surface area contributed by atoms with Crippen LogP contribution in [0.1, 0.15) is 26.3 Å². The molecule has 0 fully saturated rings. The van der Waals surface area contributed by atoms with E-state index in [0.717, 1.165) is 5.56 Å². The van der Waals surface area contributed by atoms with Crippen molar-refractivity contribution in [3.05, 3.63) is 33.8 Å². The lowest BCUT2D eigenvalue weighted by atomic mass is 10.2. The highest BCUT2D eigenvalue weighted by Gasteiger charge is 2.24. The Morgan fingerprint density at radius 2 is 1.88 bits per heavy atom. The van der Waals surface area contributed by atoms with Crippen LogP contribution in [-0.4, -0.2) is 37.4 Å². The number of halogens is 2. The van der Waals surface area contributed by atoms with Gasteiger partial charge in [-0.05, 0) is 38.5 Å². The first-order valence-corrected chi connectivity index (χ1v) is 8.08. The third kappa shape index (κ3) is 7.38. The first-order chi connectivity index (χ1) is 11.1. The van der Waals surface area contributed by atoms with E-state index in [1.54, 1.807) is 18.2 Å². The van der Waals surface area contributed by atoms with Gasteiger partial charge in [-0.2, -0.15) is 0 Å². The normalized spacial score (nSPS) is 12.4. The molecule has 0 saturated carbocycles. The molecule has 0 heterocycles. The van der Waals surface area contributed by atoms with Crippen molar-refractivity contribution in [2.75, 3.05) is 13.7 Å². The Bertz CT molecular complexity index is 588. The molecule has 24 heavy (non-hydrogen) atoms. The van der Waals surface area contributed by atoms with Gasteiger partial charge in [-0.15, -0.1) is 0 Å². The van der Waals surface area contributed by atoms with Crippen LogP contribution in [0.4, 0.5) is 4.79 Å². The minimum Gasteiger partial charge on any atom is -0.453 e. The van der Waals surface area contributed by atoms with E-state index < -0.39 is 23.6 Å². The molecule has 6 nitrogen and oxygen atoms in total. The maximum Gasteiger partial charge on any atom is 0.407 e. The van der Waals surface area contributed by atoms with Gasteiger partial charge in [0, 0.05) is 6.54 Å². The van der Waals surface area contributed by atoms with Crippen LogP contribution in [0.2, 0.25) is 10.0 Å². The van der Waals surface area contributed by atoms with E-state index in [-0.39, 0.29) is 13.2 Å². The van der Waals surface area contributed by atoms with Gasteiger partial charge in [0.05, 0.1) is 29.4 Å². The van der Waals surface area contributed by atoms with E-state index in [2.05, 4.69) is 15.4 Å². The summed E-state index contributed by atoms with van der Waals surface area (Å²) in [6.45, 7) is 5.83. The average Bonchev–Trinajstić information content (AvgIpc) is 2.51. The Balaban J connectivity index is 2.68. The summed E-state index contributed by atoms with van der Waals surface area (Å²) in [5.74, 6) is -0.393. The highest BCUT2D eigenvalue weighted by Crippen LogP contribution is 2.22. The van der Waals surface area contributed by atoms with Crippen LogP contribution in [-0.2, 0) is 20.8 Å². The van der Waals surface area contributed by atoms with E-state index in [9.17, 15) is 9.59 Å². The van der Waals surface area contributed by atoms with Crippen molar-refractivity contribution in [1.82, 2.24) is 10.6 Å². The van der Waals surface area contributed by atoms with E-state index >= 15 is 0 Å². The maximum absolute atomic E-state index is 12.3. The zero-order valence-electron chi connectivity index (χ0n) is 14.1. The molecule has 0 saturated heterocycles. The van der Waals surface area contributed by atoms with Crippen LogP contribution in [0.3, 0.4) is 0 Å². The number of hydrogen-bond donors (Lipinski definition) is 2. The summed E-state index contributed by atoms with van der Waals surface area (Å²) < 4.78 is 10.1. The second-order valence-corrected chi connectivity index (χ2v) is 6.89. The molecule has 2 N–H and O–H groups in total. The Kier molecular flexibility index (Phi) is 7.79. The van der Waals surface area contributed by atoms with Gasteiger partial charge < -0.3 is 20.1 Å². The minimum atomic E-state index is -0.876. The maximum atomic E-state index is 12.3. The van der Waals surface area contributed by atoms with Gasteiger partial charge in [0.1, 0.15) is 6.04 Å². The number of carbonyl (C=O) groups is 2. The Morgan fingerprint density at radius 3 is 2.42 bits per heavy atom. The highest BCUT2D eigenvalue weighted by atomic mass is 35.5. The summed E-state index contributed by atoms with van der Waals surface area (Å²) in [6.07, 6.45) is -0.706. The van der Waals surface area contributed by atoms with Gasteiger partial charge in [-0.3, -0.25) is 4.79 Å². The summed E-state index contributed by atoms with van der Waals surface area (Å²) in [4.78, 5) is 23.7. The van der Waals surface area contributed by atoms with E-state index in [0.29, 0.717) is 10.0 Å². The predicted molar refractivity (Wildman–Crippen MR) is 93.3 cm³/mol. The first kappa shape index (κ1) is 20.5. The monoisotopic (exact) mass is 376 g/mol. The molecule has 1 atom stereocenters. The number of rotatable bonds is 6. The van der Waals surface area contributed by atoms with Crippen LogP contribution in [0.15, 0.2) is 18.2 Å². The van der Waals surface area contributed by atoms with Crippen molar-refractivity contribution in [3.8, 4) is 0 Å². The number of methoxy groups -OCH3 is 1. The number of alkyl carbamates (subject to hydrolysis) is 1. The molecule has 1 unspecified atom stereocenters. The number of hydrogen-bond acceptors (Lipinski definition) is 4. The summed E-state index contributed by atoms with van der Waals surface area (Å²) in [5, 5.41) is 6.02. The highest BCUT2D eigenvalue weighted by molar-refractivity contribution is 6.42. The third-order valence-electron chi connectivity index (χ3n) is 2.93. The largest absolute Gasteiger partial charge is 0.453 e. The fourth-order valence-electron chi connectivity index (χ4n) is 1.68. The van der Waals surface area contributed by atoms with Gasteiger partial charge in [-0.1, -0.05) is 29.3 Å². The second-order valence-electron chi connectivity index (χ2n) is 6.08. The fraction of sp³-hybridized carbons (Fsp3) is 0.500. The lowest BCUT2D eigenvalue weighted by Crippen LogP contribution is -2.50. The molecule has 1 aromatic rings. The van der Waals surface area contributed by atoms with Crippen molar-refractivity contribution in [1.29, 1.82) is 0 Å². The lowest BCUT2D eigenvalue weighted by Gasteiger charge is -2.24. The third-order valence-corrected chi connectivity index (χ3v) is 3.67. The smallest absolute Gasteiger partial charge is 0.407 e. The Labute approximate surface area is 151 Å². The van der Waals surface area contributed by atoms with Crippen LogP contribution in [0.5, 0.6) is 0 Å². The van der Waals surface area contributed by atoms with Crippen molar-refractivity contribution in [2.24, 2.45) is 0 Å². The van der Waals surface area contributed by atoms with Crippen molar-refractivity contribution >= 4 is 35.2 Å². The molecule has 1 rings (SSSR count). The van der Waals surface area contributed by atoms with Gasteiger partial charge in [0.2, 0.25) is 5.91 Å². The van der Waals surface area contributed by atoms with Gasteiger partial charge in [-0.25, -0.2) is 4.79 Å². The summed E-state index contributed by atoms with van der Waals surface area (Å²) in [5.41, 5.74) is 0.339. The van der Waals surface area contributed by atoms with Gasteiger partial charge in [0.15, 0.2) is 0 Å². The molecule has 134 valence electrons. The SMILES string of the molecule is COC(=O)NC(COC(C)(C)C)C(=O)NCc1ccc(Cl)c(Cl)c1. The minimum absolute atomic E-state index is 0.0197. The molecule has 1 aromatic carbocycles. The average molecular weight is 377 g/mol. The summed E-state index contributed by atoms with van der Waals surface area (Å²) in [6, 6.07) is 4.19. The molecule has 0 aliphatic carbocycles. The molecule has 8 heteroatoms. The van der Waals surface area contributed by atoms with Crippen molar-refractivity contribution in [3.63, 3.8) is 0 Å². The molecule has 0 bridgehead atoms. The van der Waals surface area contributed by atoms with Crippen LogP contribution < -0.4 is 10.6 Å². The van der Waals surface area contributed by atoms with Gasteiger partial charge >= 0.3 is 6.09 Å². The second kappa shape index (κ2) is 9.11. The molecule has 0 aliphatic rings. The zero-order chi connectivity index (χ0) is 18.3. The van der Waals surface area contributed by atoms with Crippen molar-refractivity contribution in [2.45, 2.75) is 39.0 Å². The van der Waals surface area contributed by atoms with Gasteiger partial charge in [0.25, 0.3) is 0 Å². The lowest BCUT2D eigenvalue weighted by molar-refractivity contribution is -0.126. The Morgan fingerprint density at radius 1 is 1.21 bits per heavy atom. The molecule has 0 aliphatic heterocycles. The number of benzene rings is 1. The number of carbonyl (C=O) groups excluding carboxylic acids is 2. The molecular weight excluding hydrogens is 355 g/mol. The fourth-order valence-corrected chi connectivity index (χ4v) is 2.00. The van der Waals surface area contributed by atoms with Crippen LogP contribution >= 0.6 is 23.2 Å². The van der Waals surface area contributed by atoms with E-state index in [4.69, 9.17) is 27.9 Å². The van der Waals surface area contributed by atoms with Crippen LogP contribution in [0.25, 0.3) is 0 Å². The molecule has 0 radical (unpaired) electrons. The molecular formula is C16H22Cl2N2O4. The number of nitrogens with one attached hydrogen (secondary N) is 2. The first-order valence-electron chi connectivity index (χ1n) is 7.32. The standard InChI is InChI=1S/C16H22Cl2N2O4/c1-16(2,3)24-9-13(20-15(22)23-4)14(21)19-8-10-5-6-11(17)12(18)7-10/h5-7,13H,8-9H2,1-4H3,(H,19,21)(H,20,22). The van der Waals surface area contributed by atoms with Crippen molar-refractivity contribution < 1.29 is 19.1 Å². The topological polar surface area (TPSA) is 76.7 Å². The number of ether oxygens (including phenoxy) is 2. The summed E-state index contributed by atoms with van der Waals surface area (Å²) >= 11 is 11.8. The molecule has 0 aromatic heterocycles.